The summed E-state index contributed by atoms with van der Waals surface area (Å²) in [5.74, 6) is 0.779. The predicted molar refractivity (Wildman–Crippen MR) is 80.7 cm³/mol. The maximum Gasteiger partial charge on any atom is 0.0180 e. The molecule has 0 aliphatic carbocycles. The first-order chi connectivity index (χ1) is 7.96. The lowest BCUT2D eigenvalue weighted by atomic mass is 9.62. The van der Waals surface area contributed by atoms with Crippen LogP contribution >= 0.6 is 0 Å². The fourth-order valence-corrected chi connectivity index (χ4v) is 3.16. The molecule has 2 nitrogen and oxygen atoms in total. The van der Waals surface area contributed by atoms with E-state index in [0.29, 0.717) is 5.41 Å². The number of nitrogens with zero attached hydrogens (tertiary/aromatic N) is 1. The van der Waals surface area contributed by atoms with Crippen molar-refractivity contribution >= 4 is 0 Å². The highest BCUT2D eigenvalue weighted by Gasteiger charge is 2.42. The van der Waals surface area contributed by atoms with Gasteiger partial charge in [-0.05, 0) is 56.5 Å². The molecule has 1 aliphatic rings. The molecule has 1 rings (SSSR count). The van der Waals surface area contributed by atoms with Gasteiger partial charge in [-0.2, -0.15) is 0 Å². The lowest BCUT2D eigenvalue weighted by molar-refractivity contribution is 0.0497. The summed E-state index contributed by atoms with van der Waals surface area (Å²) in [5, 5.41) is 0. The number of rotatable bonds is 3. The second-order valence-corrected chi connectivity index (χ2v) is 8.43. The number of hydrogen-bond donors (Lipinski definition) is 1. The highest BCUT2D eigenvalue weighted by atomic mass is 15.1. The van der Waals surface area contributed by atoms with Crippen LogP contribution in [0.15, 0.2) is 0 Å². The van der Waals surface area contributed by atoms with Crippen molar-refractivity contribution in [1.82, 2.24) is 4.90 Å². The summed E-state index contributed by atoms with van der Waals surface area (Å²) in [5.41, 5.74) is 6.99. The summed E-state index contributed by atoms with van der Waals surface area (Å²) in [6, 6.07) is 0. The molecule has 0 aromatic rings. The molecule has 1 saturated heterocycles. The van der Waals surface area contributed by atoms with Gasteiger partial charge >= 0.3 is 0 Å². The van der Waals surface area contributed by atoms with Crippen LogP contribution in [0.2, 0.25) is 0 Å². The Morgan fingerprint density at radius 1 is 1.11 bits per heavy atom. The molecule has 2 atom stereocenters. The Labute approximate surface area is 114 Å². The highest BCUT2D eigenvalue weighted by molar-refractivity contribution is 4.97. The Morgan fingerprint density at radius 3 is 2.11 bits per heavy atom. The lowest BCUT2D eigenvalue weighted by Crippen LogP contribution is -2.53. The van der Waals surface area contributed by atoms with E-state index in [1.165, 1.54) is 25.9 Å². The highest BCUT2D eigenvalue weighted by Crippen LogP contribution is 2.43. The standard InChI is InChI=1S/C16H34N2/c1-14(2,3)16(6,17)12-15(4,5)13-9-8-10-18(7)11-13/h13H,8-12,17H2,1-7H3. The van der Waals surface area contributed by atoms with Gasteiger partial charge < -0.3 is 10.6 Å². The van der Waals surface area contributed by atoms with Crippen LogP contribution in [-0.2, 0) is 0 Å². The Bertz CT molecular complexity index is 273. The molecule has 0 saturated carbocycles. The van der Waals surface area contributed by atoms with E-state index in [4.69, 9.17) is 5.73 Å². The van der Waals surface area contributed by atoms with Crippen molar-refractivity contribution in [3.05, 3.63) is 0 Å². The third-order valence-corrected chi connectivity index (χ3v) is 5.27. The van der Waals surface area contributed by atoms with Crippen LogP contribution in [-0.4, -0.2) is 30.6 Å². The summed E-state index contributed by atoms with van der Waals surface area (Å²) in [6.07, 6.45) is 3.79. The van der Waals surface area contributed by atoms with Gasteiger partial charge in [-0.3, -0.25) is 0 Å². The molecule has 0 amide bonds. The molecular formula is C16H34N2. The van der Waals surface area contributed by atoms with E-state index in [-0.39, 0.29) is 11.0 Å². The zero-order chi connectivity index (χ0) is 14.2. The van der Waals surface area contributed by atoms with Gasteiger partial charge in [0.25, 0.3) is 0 Å². The minimum atomic E-state index is -0.105. The number of piperidine rings is 1. The fourth-order valence-electron chi connectivity index (χ4n) is 3.16. The molecule has 0 aromatic heterocycles. The average Bonchev–Trinajstić information content (AvgIpc) is 2.14. The molecule has 1 heterocycles. The SMILES string of the molecule is CN1CCCC(C(C)(C)CC(C)(N)C(C)(C)C)C1. The summed E-state index contributed by atoms with van der Waals surface area (Å²) < 4.78 is 0. The minimum Gasteiger partial charge on any atom is -0.325 e. The van der Waals surface area contributed by atoms with E-state index in [1.807, 2.05) is 0 Å². The van der Waals surface area contributed by atoms with Crippen molar-refractivity contribution < 1.29 is 0 Å². The molecule has 0 aromatic carbocycles. The van der Waals surface area contributed by atoms with Gasteiger partial charge in [-0.1, -0.05) is 34.6 Å². The third kappa shape index (κ3) is 3.71. The van der Waals surface area contributed by atoms with E-state index >= 15 is 0 Å². The fraction of sp³-hybridized carbons (Fsp3) is 1.00. The van der Waals surface area contributed by atoms with Crippen LogP contribution in [0.3, 0.4) is 0 Å². The van der Waals surface area contributed by atoms with Crippen molar-refractivity contribution in [1.29, 1.82) is 0 Å². The number of hydrogen-bond acceptors (Lipinski definition) is 2. The molecule has 18 heavy (non-hydrogen) atoms. The molecule has 108 valence electrons. The average molecular weight is 254 g/mol. The predicted octanol–water partition coefficient (Wildman–Crippen LogP) is 3.51. The Morgan fingerprint density at radius 2 is 1.67 bits per heavy atom. The largest absolute Gasteiger partial charge is 0.325 e. The first kappa shape index (κ1) is 16.0. The minimum absolute atomic E-state index is 0.105. The van der Waals surface area contributed by atoms with Gasteiger partial charge in [0.2, 0.25) is 0 Å². The zero-order valence-corrected chi connectivity index (χ0v) is 13.6. The van der Waals surface area contributed by atoms with Gasteiger partial charge in [-0.25, -0.2) is 0 Å². The topological polar surface area (TPSA) is 29.3 Å². The van der Waals surface area contributed by atoms with Crippen LogP contribution in [0.1, 0.15) is 60.8 Å². The quantitative estimate of drug-likeness (QED) is 0.835. The van der Waals surface area contributed by atoms with Crippen molar-refractivity contribution in [2.45, 2.75) is 66.3 Å². The van der Waals surface area contributed by atoms with Crippen LogP contribution in [0, 0.1) is 16.7 Å². The van der Waals surface area contributed by atoms with Gasteiger partial charge in [-0.15, -0.1) is 0 Å². The van der Waals surface area contributed by atoms with Gasteiger partial charge in [0, 0.05) is 12.1 Å². The normalized spacial score (nSPS) is 27.0. The number of likely N-dealkylation sites (tertiary alicyclic amines) is 1. The first-order valence-corrected chi connectivity index (χ1v) is 7.43. The van der Waals surface area contributed by atoms with Gasteiger partial charge in [0.05, 0.1) is 0 Å². The van der Waals surface area contributed by atoms with E-state index in [2.05, 4.69) is 53.5 Å². The number of nitrogens with two attached hydrogens (primary N) is 1. The van der Waals surface area contributed by atoms with Gasteiger partial charge in [0.1, 0.15) is 0 Å². The lowest BCUT2D eigenvalue weighted by Gasteiger charge is -2.48. The van der Waals surface area contributed by atoms with Crippen molar-refractivity contribution in [3.8, 4) is 0 Å². The molecule has 0 bridgehead atoms. The van der Waals surface area contributed by atoms with E-state index in [9.17, 15) is 0 Å². The molecular weight excluding hydrogens is 220 g/mol. The first-order valence-electron chi connectivity index (χ1n) is 7.43. The summed E-state index contributed by atoms with van der Waals surface area (Å²) in [6.45, 7) is 16.3. The Kier molecular flexibility index (Phi) is 4.55. The van der Waals surface area contributed by atoms with Crippen LogP contribution in [0.4, 0.5) is 0 Å². The van der Waals surface area contributed by atoms with Gasteiger partial charge in [0.15, 0.2) is 0 Å². The van der Waals surface area contributed by atoms with Crippen molar-refractivity contribution in [2.75, 3.05) is 20.1 Å². The zero-order valence-electron chi connectivity index (χ0n) is 13.6. The molecule has 2 heteroatoms. The summed E-state index contributed by atoms with van der Waals surface area (Å²) >= 11 is 0. The molecule has 2 unspecified atom stereocenters. The maximum atomic E-state index is 6.61. The molecule has 1 aliphatic heterocycles. The van der Waals surface area contributed by atoms with Crippen LogP contribution in [0.25, 0.3) is 0 Å². The van der Waals surface area contributed by atoms with Crippen LogP contribution in [0.5, 0.6) is 0 Å². The van der Waals surface area contributed by atoms with E-state index < -0.39 is 0 Å². The summed E-state index contributed by atoms with van der Waals surface area (Å²) in [4.78, 5) is 2.47. The van der Waals surface area contributed by atoms with Crippen molar-refractivity contribution in [3.63, 3.8) is 0 Å². The van der Waals surface area contributed by atoms with Crippen LogP contribution < -0.4 is 5.73 Å². The molecule has 1 fully saturated rings. The maximum absolute atomic E-state index is 6.61. The smallest absolute Gasteiger partial charge is 0.0180 e. The summed E-state index contributed by atoms with van der Waals surface area (Å²) in [7, 11) is 2.24. The van der Waals surface area contributed by atoms with Crippen molar-refractivity contribution in [2.24, 2.45) is 22.5 Å². The third-order valence-electron chi connectivity index (χ3n) is 5.27. The molecule has 2 N–H and O–H groups in total. The Hall–Kier alpha value is -0.0800. The second kappa shape index (κ2) is 5.13. The monoisotopic (exact) mass is 254 g/mol. The van der Waals surface area contributed by atoms with E-state index in [0.717, 1.165) is 12.3 Å². The second-order valence-electron chi connectivity index (χ2n) is 8.43. The Balaban J connectivity index is 2.74. The molecule has 0 spiro atoms. The van der Waals surface area contributed by atoms with E-state index in [1.54, 1.807) is 0 Å². The molecule has 0 radical (unpaired) electrons.